The number of likely N-dealkylation sites (tertiary alicyclic amines) is 1. The van der Waals surface area contributed by atoms with Crippen LogP contribution in [0.2, 0.25) is 5.02 Å². The van der Waals surface area contributed by atoms with E-state index in [1.807, 2.05) is 42.6 Å². The molecule has 1 aliphatic heterocycles. The number of hydrogen-bond acceptors (Lipinski definition) is 7. The lowest BCUT2D eigenvalue weighted by Crippen LogP contribution is -2.53. The number of anilines is 2. The average Bonchev–Trinajstić information content (AvgIpc) is 3.44. The molecule has 1 saturated heterocycles. The van der Waals surface area contributed by atoms with Crippen molar-refractivity contribution in [3.05, 3.63) is 84.2 Å². The van der Waals surface area contributed by atoms with E-state index in [-0.39, 0.29) is 30.9 Å². The SMILES string of the molecule is C=CC(=O)Nc1ccc(CNC(=O)[C@@H]2C[C@@H](Nc3ncc(Cl)c(-c4c[nH]c5ccccc45)n3)CN(C(=O)OC(C)(C)C)C2)cc1. The van der Waals surface area contributed by atoms with Gasteiger partial charge >= 0.3 is 6.09 Å². The second-order valence-electron chi connectivity index (χ2n) is 11.9. The molecule has 3 amide bonds. The monoisotopic (exact) mass is 629 g/mol. The summed E-state index contributed by atoms with van der Waals surface area (Å²) in [4.78, 5) is 52.0. The molecule has 5 rings (SSSR count). The molecule has 3 heterocycles. The summed E-state index contributed by atoms with van der Waals surface area (Å²) in [5, 5.41) is 10.4. The Labute approximate surface area is 266 Å². The zero-order valence-electron chi connectivity index (χ0n) is 25.4. The van der Waals surface area contributed by atoms with Gasteiger partial charge in [-0.05, 0) is 57.0 Å². The summed E-state index contributed by atoms with van der Waals surface area (Å²) >= 11 is 6.53. The minimum absolute atomic E-state index is 0.199. The number of aromatic nitrogens is 3. The summed E-state index contributed by atoms with van der Waals surface area (Å²) in [6.45, 7) is 9.63. The van der Waals surface area contributed by atoms with Crippen molar-refractivity contribution in [1.29, 1.82) is 0 Å². The molecule has 12 heteroatoms. The topological polar surface area (TPSA) is 141 Å². The number of piperidine rings is 1. The Morgan fingerprint density at radius 1 is 1.13 bits per heavy atom. The van der Waals surface area contributed by atoms with Crippen molar-refractivity contribution in [2.75, 3.05) is 23.7 Å². The molecular weight excluding hydrogens is 594 g/mol. The molecule has 0 bridgehead atoms. The molecular formula is C33H36ClN7O4. The van der Waals surface area contributed by atoms with Crippen LogP contribution in [-0.4, -0.2) is 62.5 Å². The first kappa shape index (κ1) is 31.5. The number of H-pyrrole nitrogens is 1. The fourth-order valence-electron chi connectivity index (χ4n) is 5.18. The van der Waals surface area contributed by atoms with Crippen LogP contribution >= 0.6 is 11.6 Å². The van der Waals surface area contributed by atoms with Crippen molar-refractivity contribution in [3.63, 3.8) is 0 Å². The van der Waals surface area contributed by atoms with E-state index in [0.29, 0.717) is 35.3 Å². The first-order valence-electron chi connectivity index (χ1n) is 14.6. The molecule has 1 aliphatic rings. The summed E-state index contributed by atoms with van der Waals surface area (Å²) < 4.78 is 5.64. The van der Waals surface area contributed by atoms with E-state index in [1.165, 1.54) is 6.08 Å². The largest absolute Gasteiger partial charge is 0.444 e. The number of halogens is 1. The van der Waals surface area contributed by atoms with Crippen molar-refractivity contribution in [1.82, 2.24) is 25.2 Å². The number of para-hydroxylation sites is 1. The minimum atomic E-state index is -0.694. The van der Waals surface area contributed by atoms with Crippen molar-refractivity contribution in [2.24, 2.45) is 5.92 Å². The van der Waals surface area contributed by atoms with E-state index < -0.39 is 17.6 Å². The van der Waals surface area contributed by atoms with Gasteiger partial charge in [-0.2, -0.15) is 0 Å². The van der Waals surface area contributed by atoms with E-state index in [1.54, 1.807) is 44.0 Å². The Hall–Kier alpha value is -4.90. The molecule has 0 radical (unpaired) electrons. The molecule has 0 unspecified atom stereocenters. The number of aromatic amines is 1. The highest BCUT2D eigenvalue weighted by atomic mass is 35.5. The van der Waals surface area contributed by atoms with Gasteiger partial charge in [0.2, 0.25) is 17.8 Å². The lowest BCUT2D eigenvalue weighted by molar-refractivity contribution is -0.126. The molecule has 1 fully saturated rings. The number of nitrogens with one attached hydrogen (secondary N) is 4. The predicted molar refractivity (Wildman–Crippen MR) is 175 cm³/mol. The lowest BCUT2D eigenvalue weighted by atomic mass is 9.93. The Kier molecular flexibility index (Phi) is 9.38. The van der Waals surface area contributed by atoms with Gasteiger partial charge in [0.15, 0.2) is 0 Å². The highest BCUT2D eigenvalue weighted by Gasteiger charge is 2.36. The first-order valence-corrected chi connectivity index (χ1v) is 15.0. The Bertz CT molecular complexity index is 1710. The average molecular weight is 630 g/mol. The highest BCUT2D eigenvalue weighted by Crippen LogP contribution is 2.33. The van der Waals surface area contributed by atoms with Crippen molar-refractivity contribution < 1.29 is 19.1 Å². The van der Waals surface area contributed by atoms with E-state index >= 15 is 0 Å². The van der Waals surface area contributed by atoms with Crippen LogP contribution < -0.4 is 16.0 Å². The maximum atomic E-state index is 13.4. The molecule has 11 nitrogen and oxygen atoms in total. The smallest absolute Gasteiger partial charge is 0.410 e. The molecule has 0 spiro atoms. The van der Waals surface area contributed by atoms with Crippen LogP contribution in [0.5, 0.6) is 0 Å². The van der Waals surface area contributed by atoms with Gasteiger partial charge in [0.1, 0.15) is 5.60 Å². The number of benzene rings is 2. The van der Waals surface area contributed by atoms with Gasteiger partial charge in [0, 0.05) is 54.0 Å². The van der Waals surface area contributed by atoms with E-state index in [9.17, 15) is 14.4 Å². The van der Waals surface area contributed by atoms with Gasteiger partial charge in [-0.25, -0.2) is 14.8 Å². The number of fused-ring (bicyclic) bond motifs is 1. The van der Waals surface area contributed by atoms with Gasteiger partial charge in [0.05, 0.1) is 22.8 Å². The number of carbonyl (C=O) groups is 3. The van der Waals surface area contributed by atoms with Crippen LogP contribution in [0.1, 0.15) is 32.8 Å². The molecule has 4 aromatic rings. The third-order valence-electron chi connectivity index (χ3n) is 7.27. The Morgan fingerprint density at radius 3 is 2.62 bits per heavy atom. The second kappa shape index (κ2) is 13.4. The number of nitrogens with zero attached hydrogens (tertiary/aromatic N) is 3. The maximum absolute atomic E-state index is 13.4. The standard InChI is InChI=1S/C33H36ClN7O4/c1-5-28(42)38-22-12-10-20(11-13-22)15-36-30(43)21-14-23(19-41(18-21)32(44)45-33(2,3)4)39-31-37-17-26(34)29(40-31)25-16-35-27-9-7-6-8-24(25)27/h5-13,16-17,21,23,35H,1,14-15,18-19H2,2-4H3,(H,36,43)(H,38,42)(H,37,39,40)/t21-,23-/m1/s1. The molecule has 234 valence electrons. The number of amides is 3. The van der Waals surface area contributed by atoms with E-state index in [4.69, 9.17) is 21.3 Å². The number of rotatable bonds is 8. The normalized spacial score (nSPS) is 16.6. The van der Waals surface area contributed by atoms with Crippen molar-refractivity contribution in [3.8, 4) is 11.3 Å². The van der Waals surface area contributed by atoms with Gasteiger partial charge < -0.3 is 30.6 Å². The summed E-state index contributed by atoms with van der Waals surface area (Å²) in [7, 11) is 0. The van der Waals surface area contributed by atoms with Crippen molar-refractivity contribution in [2.45, 2.75) is 45.4 Å². The molecule has 45 heavy (non-hydrogen) atoms. The van der Waals surface area contributed by atoms with Gasteiger partial charge in [-0.1, -0.05) is 48.5 Å². The fourth-order valence-corrected chi connectivity index (χ4v) is 5.37. The summed E-state index contributed by atoms with van der Waals surface area (Å²) in [6, 6.07) is 14.7. The molecule has 4 N–H and O–H groups in total. The van der Waals surface area contributed by atoms with Crippen LogP contribution in [0.15, 0.2) is 73.6 Å². The minimum Gasteiger partial charge on any atom is -0.444 e. The zero-order valence-corrected chi connectivity index (χ0v) is 26.1. The maximum Gasteiger partial charge on any atom is 0.410 e. The summed E-state index contributed by atoms with van der Waals surface area (Å²) in [5.74, 6) is -0.686. The first-order chi connectivity index (χ1) is 21.5. The fraction of sp³-hybridized carbons (Fsp3) is 0.303. The van der Waals surface area contributed by atoms with Gasteiger partial charge in [0.25, 0.3) is 0 Å². The third kappa shape index (κ3) is 7.98. The van der Waals surface area contributed by atoms with Gasteiger partial charge in [-0.3, -0.25) is 9.59 Å². The lowest BCUT2D eigenvalue weighted by Gasteiger charge is -2.38. The Morgan fingerprint density at radius 2 is 1.89 bits per heavy atom. The predicted octanol–water partition coefficient (Wildman–Crippen LogP) is 5.76. The molecule has 0 saturated carbocycles. The van der Waals surface area contributed by atoms with Gasteiger partial charge in [-0.15, -0.1) is 0 Å². The molecule has 0 aliphatic carbocycles. The number of ether oxygens (including phenoxy) is 1. The highest BCUT2D eigenvalue weighted by molar-refractivity contribution is 6.33. The Balaban J connectivity index is 1.31. The zero-order chi connectivity index (χ0) is 32.1. The van der Waals surface area contributed by atoms with Crippen LogP contribution in [0, 0.1) is 5.92 Å². The quantitative estimate of drug-likeness (QED) is 0.182. The number of hydrogen-bond donors (Lipinski definition) is 4. The number of carbonyl (C=O) groups excluding carboxylic acids is 3. The van der Waals surface area contributed by atoms with Crippen LogP contribution in [0.3, 0.4) is 0 Å². The molecule has 2 aromatic heterocycles. The summed E-state index contributed by atoms with van der Waals surface area (Å²) in [6.07, 6.45) is 4.54. The third-order valence-corrected chi connectivity index (χ3v) is 7.54. The molecule has 2 atom stereocenters. The van der Waals surface area contributed by atoms with Crippen LogP contribution in [0.4, 0.5) is 16.4 Å². The van der Waals surface area contributed by atoms with Crippen LogP contribution in [0.25, 0.3) is 22.2 Å². The van der Waals surface area contributed by atoms with E-state index in [0.717, 1.165) is 22.0 Å². The van der Waals surface area contributed by atoms with Crippen LogP contribution in [-0.2, 0) is 20.9 Å². The summed E-state index contributed by atoms with van der Waals surface area (Å²) in [5.41, 5.74) is 3.15. The second-order valence-corrected chi connectivity index (χ2v) is 12.3. The van der Waals surface area contributed by atoms with E-state index in [2.05, 4.69) is 32.5 Å². The van der Waals surface area contributed by atoms with Crippen molar-refractivity contribution >= 4 is 52.0 Å². The molecule has 2 aromatic carbocycles.